The average Bonchev–Trinajstić information content (AvgIpc) is 2.70. The van der Waals surface area contributed by atoms with Crippen LogP contribution in [0.25, 0.3) is 0 Å². The van der Waals surface area contributed by atoms with E-state index in [0.717, 1.165) is 5.56 Å². The molecule has 27 heavy (non-hydrogen) atoms. The van der Waals surface area contributed by atoms with Gasteiger partial charge in [-0.2, -0.15) is 0 Å². The van der Waals surface area contributed by atoms with E-state index in [1.165, 1.54) is 7.11 Å². The van der Waals surface area contributed by atoms with E-state index in [1.54, 1.807) is 56.7 Å². The van der Waals surface area contributed by atoms with Crippen LogP contribution in [0.1, 0.15) is 18.4 Å². The Hall–Kier alpha value is -2.31. The highest BCUT2D eigenvalue weighted by molar-refractivity contribution is 7.92. The Labute approximate surface area is 161 Å². The molecule has 2 aromatic carbocycles. The SMILES string of the molecule is COCC(/C=C\C(C)c1cc(OC)cc(OC)c1)S(=O)(=O)c1ccccc1. The quantitative estimate of drug-likeness (QED) is 0.609. The van der Waals surface area contributed by atoms with E-state index in [2.05, 4.69) is 0 Å². The maximum absolute atomic E-state index is 12.9. The molecular weight excluding hydrogens is 364 g/mol. The molecule has 0 amide bonds. The molecule has 0 N–H and O–H groups in total. The van der Waals surface area contributed by atoms with Crippen molar-refractivity contribution < 1.29 is 22.6 Å². The van der Waals surface area contributed by atoms with Crippen LogP contribution in [0.4, 0.5) is 0 Å². The predicted molar refractivity (Wildman–Crippen MR) is 106 cm³/mol. The molecule has 2 atom stereocenters. The Balaban J connectivity index is 2.29. The number of sulfone groups is 1. The van der Waals surface area contributed by atoms with E-state index in [0.29, 0.717) is 11.5 Å². The van der Waals surface area contributed by atoms with Gasteiger partial charge in [0.1, 0.15) is 16.7 Å². The highest BCUT2D eigenvalue weighted by Gasteiger charge is 2.25. The number of hydrogen-bond acceptors (Lipinski definition) is 5. The third-order valence-corrected chi connectivity index (χ3v) is 6.33. The van der Waals surface area contributed by atoms with Crippen LogP contribution in [0.5, 0.6) is 11.5 Å². The van der Waals surface area contributed by atoms with E-state index < -0.39 is 15.1 Å². The van der Waals surface area contributed by atoms with Crippen molar-refractivity contribution in [2.45, 2.75) is 23.0 Å². The minimum Gasteiger partial charge on any atom is -0.497 e. The number of benzene rings is 2. The molecule has 0 spiro atoms. The molecule has 2 unspecified atom stereocenters. The summed E-state index contributed by atoms with van der Waals surface area (Å²) in [6.45, 7) is 2.07. The largest absolute Gasteiger partial charge is 0.497 e. The smallest absolute Gasteiger partial charge is 0.187 e. The summed E-state index contributed by atoms with van der Waals surface area (Å²) in [6.07, 6.45) is 3.57. The van der Waals surface area contributed by atoms with Gasteiger partial charge in [-0.15, -0.1) is 0 Å². The van der Waals surface area contributed by atoms with Gasteiger partial charge in [0.2, 0.25) is 0 Å². The Morgan fingerprint density at radius 1 is 0.926 bits per heavy atom. The summed E-state index contributed by atoms with van der Waals surface area (Å²) in [6, 6.07) is 14.0. The molecule has 2 rings (SSSR count). The van der Waals surface area contributed by atoms with Crippen molar-refractivity contribution >= 4 is 9.84 Å². The number of allylic oxidation sites excluding steroid dienone is 1. The summed E-state index contributed by atoms with van der Waals surface area (Å²) in [5.41, 5.74) is 0.968. The second-order valence-corrected chi connectivity index (χ2v) is 8.34. The molecule has 5 nitrogen and oxygen atoms in total. The Bertz CT molecular complexity index is 837. The molecule has 0 aromatic heterocycles. The van der Waals surface area contributed by atoms with Crippen LogP contribution >= 0.6 is 0 Å². The number of hydrogen-bond donors (Lipinski definition) is 0. The van der Waals surface area contributed by atoms with Gasteiger partial charge in [0.25, 0.3) is 0 Å². The van der Waals surface area contributed by atoms with Crippen LogP contribution in [0.15, 0.2) is 65.6 Å². The Morgan fingerprint density at radius 2 is 1.52 bits per heavy atom. The fourth-order valence-corrected chi connectivity index (χ4v) is 4.19. The zero-order valence-corrected chi connectivity index (χ0v) is 16.9. The summed E-state index contributed by atoms with van der Waals surface area (Å²) in [7, 11) is 1.16. The van der Waals surface area contributed by atoms with Crippen molar-refractivity contribution in [2.24, 2.45) is 0 Å². The Morgan fingerprint density at radius 3 is 2.04 bits per heavy atom. The lowest BCUT2D eigenvalue weighted by molar-refractivity contribution is 0.205. The molecule has 6 heteroatoms. The van der Waals surface area contributed by atoms with Crippen molar-refractivity contribution in [3.05, 3.63) is 66.2 Å². The summed E-state index contributed by atoms with van der Waals surface area (Å²) in [5, 5.41) is -0.764. The zero-order chi connectivity index (χ0) is 19.9. The van der Waals surface area contributed by atoms with Gasteiger partial charge in [-0.05, 0) is 35.7 Å². The molecule has 0 saturated carbocycles. The maximum Gasteiger partial charge on any atom is 0.187 e. The van der Waals surface area contributed by atoms with Gasteiger partial charge in [0.05, 0.1) is 25.7 Å². The van der Waals surface area contributed by atoms with E-state index in [9.17, 15) is 8.42 Å². The molecule has 0 radical (unpaired) electrons. The third-order valence-electron chi connectivity index (χ3n) is 4.32. The van der Waals surface area contributed by atoms with Gasteiger partial charge in [-0.3, -0.25) is 0 Å². The lowest BCUT2D eigenvalue weighted by Gasteiger charge is -2.15. The monoisotopic (exact) mass is 390 g/mol. The molecule has 0 aliphatic carbocycles. The molecule has 146 valence electrons. The normalized spacial score (nSPS) is 14.1. The van der Waals surface area contributed by atoms with Crippen molar-refractivity contribution in [1.29, 1.82) is 0 Å². The summed E-state index contributed by atoms with van der Waals surface area (Å²) < 4.78 is 41.6. The molecule has 0 heterocycles. The number of methoxy groups -OCH3 is 3. The lowest BCUT2D eigenvalue weighted by atomic mass is 9.99. The summed E-state index contributed by atoms with van der Waals surface area (Å²) in [4.78, 5) is 0.285. The fraction of sp³-hybridized carbons (Fsp3) is 0.333. The molecule has 2 aromatic rings. The van der Waals surface area contributed by atoms with Crippen LogP contribution in [-0.4, -0.2) is 41.6 Å². The van der Waals surface area contributed by atoms with Crippen molar-refractivity contribution in [3.8, 4) is 11.5 Å². The number of rotatable bonds is 9. The first-order valence-corrected chi connectivity index (χ1v) is 10.2. The van der Waals surface area contributed by atoms with E-state index in [-0.39, 0.29) is 17.4 Å². The minimum absolute atomic E-state index is 0.0284. The topological polar surface area (TPSA) is 61.8 Å². The van der Waals surface area contributed by atoms with Gasteiger partial charge in [-0.25, -0.2) is 8.42 Å². The first-order valence-electron chi connectivity index (χ1n) is 8.61. The van der Waals surface area contributed by atoms with Crippen molar-refractivity contribution in [1.82, 2.24) is 0 Å². The fourth-order valence-electron chi connectivity index (χ4n) is 2.69. The van der Waals surface area contributed by atoms with Crippen LogP contribution < -0.4 is 9.47 Å². The maximum atomic E-state index is 12.9. The molecule has 0 bridgehead atoms. The predicted octanol–water partition coefficient (Wildman–Crippen LogP) is 3.85. The van der Waals surface area contributed by atoms with Crippen LogP contribution in [-0.2, 0) is 14.6 Å². The lowest BCUT2D eigenvalue weighted by Crippen LogP contribution is -2.24. The summed E-state index contributed by atoms with van der Waals surface area (Å²) in [5.74, 6) is 1.35. The second-order valence-electron chi connectivity index (χ2n) is 6.17. The summed E-state index contributed by atoms with van der Waals surface area (Å²) >= 11 is 0. The standard InChI is InChI=1S/C21H26O5S/c1-16(17-12-18(25-3)14-19(13-17)26-4)10-11-21(15-24-2)27(22,23)20-8-6-5-7-9-20/h5-14,16,21H,15H2,1-4H3/b11-10-. The average molecular weight is 391 g/mol. The minimum atomic E-state index is -3.53. The van der Waals surface area contributed by atoms with E-state index in [1.807, 2.05) is 25.1 Å². The van der Waals surface area contributed by atoms with Gasteiger partial charge >= 0.3 is 0 Å². The van der Waals surface area contributed by atoms with E-state index in [4.69, 9.17) is 14.2 Å². The highest BCUT2D eigenvalue weighted by atomic mass is 32.2. The van der Waals surface area contributed by atoms with Crippen LogP contribution in [0.3, 0.4) is 0 Å². The van der Waals surface area contributed by atoms with Crippen molar-refractivity contribution in [3.63, 3.8) is 0 Å². The molecule has 0 aliphatic rings. The first kappa shape index (κ1) is 21.0. The van der Waals surface area contributed by atoms with Crippen molar-refractivity contribution in [2.75, 3.05) is 27.9 Å². The second kappa shape index (κ2) is 9.58. The zero-order valence-electron chi connectivity index (χ0n) is 16.1. The molecule has 0 saturated heterocycles. The molecule has 0 fully saturated rings. The van der Waals surface area contributed by atoms with Crippen LogP contribution in [0, 0.1) is 0 Å². The Kier molecular flexibility index (Phi) is 7.45. The number of ether oxygens (including phenoxy) is 3. The first-order chi connectivity index (χ1) is 12.9. The third kappa shape index (κ3) is 5.34. The van der Waals surface area contributed by atoms with Gasteiger partial charge in [-0.1, -0.05) is 37.3 Å². The molecule has 0 aliphatic heterocycles. The highest BCUT2D eigenvalue weighted by Crippen LogP contribution is 2.28. The van der Waals surface area contributed by atoms with Gasteiger partial charge in [0, 0.05) is 13.2 Å². The van der Waals surface area contributed by atoms with Crippen LogP contribution in [0.2, 0.25) is 0 Å². The van der Waals surface area contributed by atoms with Gasteiger partial charge in [0.15, 0.2) is 9.84 Å². The molecular formula is C21H26O5S. The van der Waals surface area contributed by atoms with Gasteiger partial charge < -0.3 is 14.2 Å². The van der Waals surface area contributed by atoms with E-state index >= 15 is 0 Å².